The molecule has 1 aliphatic carbocycles. The third-order valence-corrected chi connectivity index (χ3v) is 3.76. The van der Waals surface area contributed by atoms with Gasteiger partial charge in [0.2, 0.25) is 0 Å². The molecule has 1 unspecified atom stereocenters. The SMILES string of the molecule is CCOC(=O)C(C)(C)C(O)c1cccc(C2CC2)c1. The van der Waals surface area contributed by atoms with Crippen LogP contribution in [0.25, 0.3) is 0 Å². The summed E-state index contributed by atoms with van der Waals surface area (Å²) in [6.07, 6.45) is 1.60. The molecule has 0 heterocycles. The molecule has 0 spiro atoms. The molecule has 0 radical (unpaired) electrons. The third-order valence-electron chi connectivity index (χ3n) is 3.76. The first-order chi connectivity index (χ1) is 8.96. The van der Waals surface area contributed by atoms with Crippen LogP contribution in [0.15, 0.2) is 24.3 Å². The van der Waals surface area contributed by atoms with Crippen LogP contribution in [0.3, 0.4) is 0 Å². The van der Waals surface area contributed by atoms with E-state index in [2.05, 4.69) is 6.07 Å². The highest BCUT2D eigenvalue weighted by atomic mass is 16.5. The van der Waals surface area contributed by atoms with E-state index in [1.54, 1.807) is 20.8 Å². The number of esters is 1. The van der Waals surface area contributed by atoms with Gasteiger partial charge in [-0.15, -0.1) is 0 Å². The maximum atomic E-state index is 11.9. The Kier molecular flexibility index (Phi) is 3.95. The van der Waals surface area contributed by atoms with Crippen LogP contribution < -0.4 is 0 Å². The maximum Gasteiger partial charge on any atom is 0.314 e. The van der Waals surface area contributed by atoms with Gasteiger partial charge in [-0.2, -0.15) is 0 Å². The van der Waals surface area contributed by atoms with Gasteiger partial charge in [-0.1, -0.05) is 24.3 Å². The first kappa shape index (κ1) is 14.1. The molecule has 1 aromatic rings. The number of ether oxygens (including phenoxy) is 1. The number of rotatable bonds is 5. The largest absolute Gasteiger partial charge is 0.465 e. The van der Waals surface area contributed by atoms with E-state index in [0.717, 1.165) is 5.56 Å². The van der Waals surface area contributed by atoms with Crippen molar-refractivity contribution in [2.45, 2.75) is 45.6 Å². The summed E-state index contributed by atoms with van der Waals surface area (Å²) in [6.45, 7) is 5.55. The molecule has 1 aromatic carbocycles. The quantitative estimate of drug-likeness (QED) is 0.829. The number of hydrogen-bond acceptors (Lipinski definition) is 3. The minimum Gasteiger partial charge on any atom is -0.465 e. The lowest BCUT2D eigenvalue weighted by Gasteiger charge is -2.28. The highest BCUT2D eigenvalue weighted by Gasteiger charge is 2.38. The van der Waals surface area contributed by atoms with Crippen molar-refractivity contribution >= 4 is 5.97 Å². The lowest BCUT2D eigenvalue weighted by Crippen LogP contribution is -2.33. The molecule has 0 aromatic heterocycles. The van der Waals surface area contributed by atoms with Gasteiger partial charge in [0, 0.05) is 0 Å². The van der Waals surface area contributed by atoms with Gasteiger partial charge < -0.3 is 9.84 Å². The van der Waals surface area contributed by atoms with Crippen molar-refractivity contribution in [3.63, 3.8) is 0 Å². The predicted molar refractivity (Wildman–Crippen MR) is 73.8 cm³/mol. The number of carbonyl (C=O) groups is 1. The number of hydrogen-bond donors (Lipinski definition) is 1. The first-order valence-corrected chi connectivity index (χ1v) is 6.92. The van der Waals surface area contributed by atoms with Crippen molar-refractivity contribution < 1.29 is 14.6 Å². The first-order valence-electron chi connectivity index (χ1n) is 6.92. The molecular formula is C16H22O3. The molecule has 2 rings (SSSR count). The minimum atomic E-state index is -0.932. The van der Waals surface area contributed by atoms with Gasteiger partial charge in [0.05, 0.1) is 18.1 Å². The Morgan fingerprint density at radius 3 is 2.74 bits per heavy atom. The number of aliphatic hydroxyl groups is 1. The number of carbonyl (C=O) groups excluding carboxylic acids is 1. The second kappa shape index (κ2) is 5.33. The fraction of sp³-hybridized carbons (Fsp3) is 0.562. The fourth-order valence-electron chi connectivity index (χ4n) is 2.25. The third kappa shape index (κ3) is 2.98. The summed E-state index contributed by atoms with van der Waals surface area (Å²) in [5.41, 5.74) is 1.12. The van der Waals surface area contributed by atoms with Gasteiger partial charge in [-0.3, -0.25) is 4.79 Å². The van der Waals surface area contributed by atoms with E-state index >= 15 is 0 Å². The lowest BCUT2D eigenvalue weighted by atomic mass is 9.82. The normalized spacial score (nSPS) is 17.1. The summed E-state index contributed by atoms with van der Waals surface area (Å²) in [5.74, 6) is 0.275. The van der Waals surface area contributed by atoms with Gasteiger partial charge in [-0.25, -0.2) is 0 Å². The summed E-state index contributed by atoms with van der Waals surface area (Å²) in [7, 11) is 0. The van der Waals surface area contributed by atoms with Gasteiger partial charge >= 0.3 is 5.97 Å². The minimum absolute atomic E-state index is 0.330. The smallest absolute Gasteiger partial charge is 0.314 e. The molecular weight excluding hydrogens is 240 g/mol. The van der Waals surface area contributed by atoms with E-state index in [1.165, 1.54) is 18.4 Å². The number of aliphatic hydroxyl groups excluding tert-OH is 1. The van der Waals surface area contributed by atoms with E-state index in [1.807, 2.05) is 18.2 Å². The summed E-state index contributed by atoms with van der Waals surface area (Å²) < 4.78 is 5.04. The second-order valence-corrected chi connectivity index (χ2v) is 5.79. The molecule has 0 aliphatic heterocycles. The standard InChI is InChI=1S/C16H22O3/c1-4-19-15(18)16(2,3)14(17)13-7-5-6-12(10-13)11-8-9-11/h5-7,10-11,14,17H,4,8-9H2,1-3H3. The van der Waals surface area contributed by atoms with Gasteiger partial charge in [0.1, 0.15) is 0 Å². The monoisotopic (exact) mass is 262 g/mol. The van der Waals surface area contributed by atoms with Crippen LogP contribution >= 0.6 is 0 Å². The van der Waals surface area contributed by atoms with E-state index in [4.69, 9.17) is 4.74 Å². The Bertz CT molecular complexity index is 461. The maximum absolute atomic E-state index is 11.9. The van der Waals surface area contributed by atoms with E-state index in [-0.39, 0.29) is 5.97 Å². The van der Waals surface area contributed by atoms with Crippen LogP contribution in [0.5, 0.6) is 0 Å². The Balaban J connectivity index is 2.19. The molecule has 104 valence electrons. The predicted octanol–water partition coefficient (Wildman–Crippen LogP) is 3.19. The van der Waals surface area contributed by atoms with Crippen LogP contribution in [0, 0.1) is 5.41 Å². The van der Waals surface area contributed by atoms with E-state index in [9.17, 15) is 9.90 Å². The van der Waals surface area contributed by atoms with Crippen molar-refractivity contribution in [2.24, 2.45) is 5.41 Å². The molecule has 1 saturated carbocycles. The Morgan fingerprint density at radius 2 is 2.16 bits per heavy atom. The Morgan fingerprint density at radius 1 is 1.47 bits per heavy atom. The summed E-state index contributed by atoms with van der Waals surface area (Å²) in [6, 6.07) is 7.93. The Labute approximate surface area is 114 Å². The molecule has 1 fully saturated rings. The van der Waals surface area contributed by atoms with Crippen molar-refractivity contribution in [1.82, 2.24) is 0 Å². The highest BCUT2D eigenvalue weighted by Crippen LogP contribution is 2.42. The molecule has 3 nitrogen and oxygen atoms in total. The van der Waals surface area contributed by atoms with Crippen molar-refractivity contribution in [2.75, 3.05) is 6.61 Å². The van der Waals surface area contributed by atoms with Gasteiger partial charge in [0.25, 0.3) is 0 Å². The zero-order valence-corrected chi connectivity index (χ0v) is 11.8. The summed E-state index contributed by atoms with van der Waals surface area (Å²) in [4.78, 5) is 11.9. The van der Waals surface area contributed by atoms with E-state index < -0.39 is 11.5 Å². The second-order valence-electron chi connectivity index (χ2n) is 5.79. The van der Waals surface area contributed by atoms with Gasteiger partial charge in [0.15, 0.2) is 0 Å². The fourth-order valence-corrected chi connectivity index (χ4v) is 2.25. The van der Waals surface area contributed by atoms with Crippen LogP contribution in [-0.4, -0.2) is 17.7 Å². The molecule has 1 aliphatic rings. The molecule has 1 N–H and O–H groups in total. The topological polar surface area (TPSA) is 46.5 Å². The lowest BCUT2D eigenvalue weighted by molar-refractivity contribution is -0.160. The molecule has 3 heteroatoms. The molecule has 0 bridgehead atoms. The number of benzene rings is 1. The van der Waals surface area contributed by atoms with Crippen LogP contribution in [-0.2, 0) is 9.53 Å². The highest BCUT2D eigenvalue weighted by molar-refractivity contribution is 5.77. The molecule has 19 heavy (non-hydrogen) atoms. The molecule has 1 atom stereocenters. The molecule has 0 amide bonds. The van der Waals surface area contributed by atoms with Crippen molar-refractivity contribution in [3.8, 4) is 0 Å². The zero-order chi connectivity index (χ0) is 14.0. The summed E-state index contributed by atoms with van der Waals surface area (Å²) in [5, 5.41) is 10.5. The van der Waals surface area contributed by atoms with Crippen LogP contribution in [0.2, 0.25) is 0 Å². The van der Waals surface area contributed by atoms with Crippen LogP contribution in [0.4, 0.5) is 0 Å². The average molecular weight is 262 g/mol. The summed E-state index contributed by atoms with van der Waals surface area (Å²) >= 11 is 0. The molecule has 0 saturated heterocycles. The Hall–Kier alpha value is -1.35. The van der Waals surface area contributed by atoms with Gasteiger partial charge in [-0.05, 0) is 50.7 Å². The van der Waals surface area contributed by atoms with Crippen molar-refractivity contribution in [1.29, 1.82) is 0 Å². The van der Waals surface area contributed by atoms with Crippen molar-refractivity contribution in [3.05, 3.63) is 35.4 Å². The zero-order valence-electron chi connectivity index (χ0n) is 11.8. The average Bonchev–Trinajstić information content (AvgIpc) is 3.22. The van der Waals surface area contributed by atoms with E-state index in [0.29, 0.717) is 12.5 Å². The van der Waals surface area contributed by atoms with Crippen LogP contribution in [0.1, 0.15) is 56.8 Å².